The number of rotatable bonds is 4. The molecule has 0 unspecified atom stereocenters. The van der Waals surface area contributed by atoms with Gasteiger partial charge in [-0.15, -0.1) is 0 Å². The van der Waals surface area contributed by atoms with Gasteiger partial charge in [0, 0.05) is 44.2 Å². The molecule has 0 aromatic heterocycles. The topological polar surface area (TPSA) is 53.1 Å². The predicted octanol–water partition coefficient (Wildman–Crippen LogP) is 1.99. The van der Waals surface area contributed by atoms with Crippen molar-refractivity contribution < 1.29 is 14.3 Å². The first-order valence-electron chi connectivity index (χ1n) is 10.7. The summed E-state index contributed by atoms with van der Waals surface area (Å²) >= 11 is 0. The quantitative estimate of drug-likeness (QED) is 0.796. The van der Waals surface area contributed by atoms with Crippen molar-refractivity contribution in [3.05, 3.63) is 35.4 Å². The molecule has 0 radical (unpaired) electrons. The van der Waals surface area contributed by atoms with Crippen molar-refractivity contribution in [1.29, 1.82) is 0 Å². The molecule has 0 N–H and O–H groups in total. The molecule has 3 fully saturated rings. The van der Waals surface area contributed by atoms with Crippen molar-refractivity contribution in [2.75, 3.05) is 52.5 Å². The van der Waals surface area contributed by atoms with Crippen LogP contribution in [0.15, 0.2) is 24.3 Å². The zero-order valence-electron chi connectivity index (χ0n) is 16.6. The monoisotopic (exact) mass is 385 g/mol. The van der Waals surface area contributed by atoms with E-state index in [0.29, 0.717) is 39.4 Å². The number of likely N-dealkylation sites (tertiary alicyclic amines) is 2. The van der Waals surface area contributed by atoms with Crippen LogP contribution in [0.4, 0.5) is 0 Å². The van der Waals surface area contributed by atoms with Gasteiger partial charge in [0.25, 0.3) is 5.91 Å². The molecule has 0 aliphatic carbocycles. The average Bonchev–Trinajstić information content (AvgIpc) is 3.27. The molecule has 3 aliphatic rings. The third kappa shape index (κ3) is 4.55. The molecule has 2 amide bonds. The van der Waals surface area contributed by atoms with E-state index >= 15 is 0 Å². The first kappa shape index (κ1) is 19.4. The summed E-state index contributed by atoms with van der Waals surface area (Å²) < 4.78 is 5.34. The molecule has 3 saturated heterocycles. The molecule has 6 heteroatoms. The summed E-state index contributed by atoms with van der Waals surface area (Å²) in [7, 11) is 0. The standard InChI is InChI=1S/C22H31N3O3/c26-21(25-12-14-28-15-13-25)19-6-10-24(11-7-19)22(27)20-5-3-4-18(16-20)17-23-8-1-2-9-23/h3-5,16,19H,1-2,6-15,17H2. The highest BCUT2D eigenvalue weighted by Gasteiger charge is 2.31. The highest BCUT2D eigenvalue weighted by molar-refractivity contribution is 5.94. The number of hydrogen-bond donors (Lipinski definition) is 0. The highest BCUT2D eigenvalue weighted by Crippen LogP contribution is 2.22. The number of carbonyl (C=O) groups excluding carboxylic acids is 2. The Kier molecular flexibility index (Phi) is 6.27. The van der Waals surface area contributed by atoms with E-state index in [1.54, 1.807) is 0 Å². The van der Waals surface area contributed by atoms with Crippen LogP contribution in [0, 0.1) is 5.92 Å². The summed E-state index contributed by atoms with van der Waals surface area (Å²) in [5, 5.41) is 0. The van der Waals surface area contributed by atoms with Crippen LogP contribution in [0.2, 0.25) is 0 Å². The first-order chi connectivity index (χ1) is 13.7. The zero-order chi connectivity index (χ0) is 19.3. The number of nitrogens with zero attached hydrogens (tertiary/aromatic N) is 3. The van der Waals surface area contributed by atoms with Crippen LogP contribution in [0.25, 0.3) is 0 Å². The Hall–Kier alpha value is -1.92. The van der Waals surface area contributed by atoms with Gasteiger partial charge in [0.05, 0.1) is 13.2 Å². The van der Waals surface area contributed by atoms with Gasteiger partial charge < -0.3 is 14.5 Å². The Morgan fingerprint density at radius 1 is 0.929 bits per heavy atom. The molecule has 1 aromatic rings. The number of amides is 2. The second-order valence-electron chi connectivity index (χ2n) is 8.19. The lowest BCUT2D eigenvalue weighted by molar-refractivity contribution is -0.141. The summed E-state index contributed by atoms with van der Waals surface area (Å²) in [4.78, 5) is 31.9. The van der Waals surface area contributed by atoms with Crippen LogP contribution >= 0.6 is 0 Å². The second kappa shape index (κ2) is 9.05. The minimum absolute atomic E-state index is 0.0450. The number of piperidine rings is 1. The minimum Gasteiger partial charge on any atom is -0.378 e. The zero-order valence-corrected chi connectivity index (χ0v) is 16.6. The van der Waals surface area contributed by atoms with Gasteiger partial charge in [-0.2, -0.15) is 0 Å². The summed E-state index contributed by atoms with van der Waals surface area (Å²) in [6.45, 7) is 7.23. The summed E-state index contributed by atoms with van der Waals surface area (Å²) in [5.74, 6) is 0.382. The van der Waals surface area contributed by atoms with Crippen molar-refractivity contribution in [2.45, 2.75) is 32.2 Å². The van der Waals surface area contributed by atoms with Crippen LogP contribution < -0.4 is 0 Å². The third-order valence-corrected chi connectivity index (χ3v) is 6.23. The molecule has 0 saturated carbocycles. The number of carbonyl (C=O) groups is 2. The maximum absolute atomic E-state index is 13.0. The van der Waals surface area contributed by atoms with Gasteiger partial charge in [0.15, 0.2) is 0 Å². The maximum atomic E-state index is 13.0. The van der Waals surface area contributed by atoms with E-state index in [9.17, 15) is 9.59 Å². The van der Waals surface area contributed by atoms with Crippen molar-refractivity contribution in [3.8, 4) is 0 Å². The lowest BCUT2D eigenvalue weighted by atomic mass is 9.94. The Morgan fingerprint density at radius 3 is 2.36 bits per heavy atom. The Balaban J connectivity index is 1.31. The van der Waals surface area contributed by atoms with E-state index in [2.05, 4.69) is 11.0 Å². The Bertz CT molecular complexity index is 688. The molecular formula is C22H31N3O3. The van der Waals surface area contributed by atoms with Gasteiger partial charge >= 0.3 is 0 Å². The van der Waals surface area contributed by atoms with E-state index in [1.807, 2.05) is 28.0 Å². The largest absolute Gasteiger partial charge is 0.378 e. The van der Waals surface area contributed by atoms with Crippen molar-refractivity contribution in [1.82, 2.24) is 14.7 Å². The molecule has 28 heavy (non-hydrogen) atoms. The van der Waals surface area contributed by atoms with Gasteiger partial charge in [-0.3, -0.25) is 14.5 Å². The number of morpholine rings is 1. The van der Waals surface area contributed by atoms with Crippen LogP contribution in [0.1, 0.15) is 41.6 Å². The van der Waals surface area contributed by atoms with Gasteiger partial charge in [0.2, 0.25) is 5.91 Å². The van der Waals surface area contributed by atoms with Crippen LogP contribution in [0.3, 0.4) is 0 Å². The molecule has 0 atom stereocenters. The van der Waals surface area contributed by atoms with Gasteiger partial charge in [0.1, 0.15) is 0 Å². The minimum atomic E-state index is 0.0450. The fraction of sp³-hybridized carbons (Fsp3) is 0.636. The van der Waals surface area contributed by atoms with E-state index in [-0.39, 0.29) is 17.7 Å². The van der Waals surface area contributed by atoms with E-state index in [4.69, 9.17) is 4.74 Å². The maximum Gasteiger partial charge on any atom is 0.253 e. The lowest BCUT2D eigenvalue weighted by Gasteiger charge is -2.35. The van der Waals surface area contributed by atoms with Crippen molar-refractivity contribution in [2.24, 2.45) is 5.92 Å². The third-order valence-electron chi connectivity index (χ3n) is 6.23. The van der Waals surface area contributed by atoms with E-state index < -0.39 is 0 Å². The normalized spacial score (nSPS) is 21.9. The molecule has 3 heterocycles. The lowest BCUT2D eigenvalue weighted by Crippen LogP contribution is -2.47. The average molecular weight is 386 g/mol. The SMILES string of the molecule is O=C(c1cccc(CN2CCCC2)c1)N1CCC(C(=O)N2CCOCC2)CC1. The van der Waals surface area contributed by atoms with Gasteiger partial charge in [-0.25, -0.2) is 0 Å². The molecule has 1 aromatic carbocycles. The Labute approximate surface area is 167 Å². The fourth-order valence-corrected chi connectivity index (χ4v) is 4.56. The highest BCUT2D eigenvalue weighted by atomic mass is 16.5. The molecule has 4 rings (SSSR count). The van der Waals surface area contributed by atoms with Crippen molar-refractivity contribution >= 4 is 11.8 Å². The van der Waals surface area contributed by atoms with Gasteiger partial charge in [-0.1, -0.05) is 12.1 Å². The predicted molar refractivity (Wildman–Crippen MR) is 107 cm³/mol. The summed E-state index contributed by atoms with van der Waals surface area (Å²) in [5.41, 5.74) is 1.99. The smallest absolute Gasteiger partial charge is 0.253 e. The van der Waals surface area contributed by atoms with E-state index in [0.717, 1.165) is 38.0 Å². The number of benzene rings is 1. The molecule has 3 aliphatic heterocycles. The van der Waals surface area contributed by atoms with Crippen LogP contribution in [-0.4, -0.2) is 79.0 Å². The van der Waals surface area contributed by atoms with Gasteiger partial charge in [-0.05, 0) is 56.5 Å². The first-order valence-corrected chi connectivity index (χ1v) is 10.7. The van der Waals surface area contributed by atoms with Crippen LogP contribution in [-0.2, 0) is 16.1 Å². The van der Waals surface area contributed by atoms with Crippen molar-refractivity contribution in [3.63, 3.8) is 0 Å². The molecule has 6 nitrogen and oxygen atoms in total. The van der Waals surface area contributed by atoms with E-state index in [1.165, 1.54) is 18.4 Å². The molecule has 152 valence electrons. The molecular weight excluding hydrogens is 354 g/mol. The summed E-state index contributed by atoms with van der Waals surface area (Å²) in [6, 6.07) is 8.07. The number of hydrogen-bond acceptors (Lipinski definition) is 4. The van der Waals surface area contributed by atoms with Crippen LogP contribution in [0.5, 0.6) is 0 Å². The summed E-state index contributed by atoms with van der Waals surface area (Å²) in [6.07, 6.45) is 4.07. The fourth-order valence-electron chi connectivity index (χ4n) is 4.56. The second-order valence-corrected chi connectivity index (χ2v) is 8.19. The molecule has 0 spiro atoms. The number of ether oxygens (including phenoxy) is 1. The Morgan fingerprint density at radius 2 is 1.64 bits per heavy atom. The molecule has 0 bridgehead atoms.